The van der Waals surface area contributed by atoms with Crippen molar-refractivity contribution in [2.75, 3.05) is 0 Å². The van der Waals surface area contributed by atoms with Gasteiger partial charge in [0.25, 0.3) is 0 Å². The van der Waals surface area contributed by atoms with Gasteiger partial charge in [0, 0.05) is 6.20 Å². The Morgan fingerprint density at radius 1 is 1.47 bits per heavy atom. The zero-order chi connectivity index (χ0) is 10.8. The molecule has 4 nitrogen and oxygen atoms in total. The highest BCUT2D eigenvalue weighted by Crippen LogP contribution is 2.13. The van der Waals surface area contributed by atoms with E-state index in [0.717, 1.165) is 0 Å². The molecule has 2 rings (SSSR count). The maximum Gasteiger partial charge on any atom is 0.335 e. The number of aromatic nitrogens is 2. The van der Waals surface area contributed by atoms with Crippen molar-refractivity contribution < 1.29 is 9.90 Å². The number of aromatic carboxylic acids is 1. The van der Waals surface area contributed by atoms with Gasteiger partial charge in [-0.3, -0.25) is 0 Å². The van der Waals surface area contributed by atoms with Gasteiger partial charge >= 0.3 is 5.97 Å². The Morgan fingerprint density at radius 3 is 2.87 bits per heavy atom. The SMILES string of the molecule is O=C(O)c1cccc(-n2cc(Cl)cn2)c1. The Kier molecular flexibility index (Phi) is 2.43. The monoisotopic (exact) mass is 222 g/mol. The first-order valence-corrected chi connectivity index (χ1v) is 4.58. The van der Waals surface area contributed by atoms with Crippen LogP contribution in [0.4, 0.5) is 0 Å². The van der Waals surface area contributed by atoms with Gasteiger partial charge in [0.2, 0.25) is 0 Å². The molecule has 0 saturated heterocycles. The molecule has 0 amide bonds. The molecule has 0 aliphatic carbocycles. The summed E-state index contributed by atoms with van der Waals surface area (Å²) in [6.45, 7) is 0. The van der Waals surface area contributed by atoms with E-state index in [1.807, 2.05) is 0 Å². The first kappa shape index (κ1) is 9.73. The molecule has 76 valence electrons. The molecular weight excluding hydrogens is 216 g/mol. The molecule has 0 aliphatic heterocycles. The zero-order valence-electron chi connectivity index (χ0n) is 7.59. The van der Waals surface area contributed by atoms with Crippen LogP contribution in [0, 0.1) is 0 Å². The van der Waals surface area contributed by atoms with Crippen LogP contribution in [0.1, 0.15) is 10.4 Å². The molecule has 0 spiro atoms. The van der Waals surface area contributed by atoms with Crippen LogP contribution < -0.4 is 0 Å². The predicted molar refractivity (Wildman–Crippen MR) is 55.5 cm³/mol. The Labute approximate surface area is 90.7 Å². The Bertz CT molecular complexity index is 508. The second-order valence-corrected chi connectivity index (χ2v) is 3.40. The fourth-order valence-corrected chi connectivity index (χ4v) is 1.36. The number of carboxylic acid groups (broad SMARTS) is 1. The van der Waals surface area contributed by atoms with E-state index in [1.165, 1.54) is 23.0 Å². The van der Waals surface area contributed by atoms with Crippen LogP contribution in [0.2, 0.25) is 5.02 Å². The average Bonchev–Trinajstić information content (AvgIpc) is 2.65. The van der Waals surface area contributed by atoms with E-state index in [9.17, 15) is 4.79 Å². The lowest BCUT2D eigenvalue weighted by molar-refractivity contribution is 0.0697. The van der Waals surface area contributed by atoms with Crippen LogP contribution in [0.3, 0.4) is 0 Å². The van der Waals surface area contributed by atoms with Crippen molar-refractivity contribution in [2.24, 2.45) is 0 Å². The van der Waals surface area contributed by atoms with E-state index in [0.29, 0.717) is 10.7 Å². The molecule has 0 atom stereocenters. The van der Waals surface area contributed by atoms with Gasteiger partial charge in [0.1, 0.15) is 0 Å². The maximum atomic E-state index is 10.7. The highest BCUT2D eigenvalue weighted by Gasteiger charge is 2.04. The second-order valence-electron chi connectivity index (χ2n) is 2.96. The summed E-state index contributed by atoms with van der Waals surface area (Å²) in [6.07, 6.45) is 3.11. The molecular formula is C10H7ClN2O2. The molecule has 0 fully saturated rings. The van der Waals surface area contributed by atoms with E-state index < -0.39 is 5.97 Å². The minimum atomic E-state index is -0.963. The Morgan fingerprint density at radius 2 is 2.27 bits per heavy atom. The average molecular weight is 223 g/mol. The summed E-state index contributed by atoms with van der Waals surface area (Å²) in [6, 6.07) is 6.48. The first-order valence-electron chi connectivity index (χ1n) is 4.21. The number of halogens is 1. The summed E-state index contributed by atoms with van der Waals surface area (Å²) >= 11 is 5.71. The van der Waals surface area contributed by atoms with Crippen LogP contribution >= 0.6 is 11.6 Å². The van der Waals surface area contributed by atoms with Gasteiger partial charge in [-0.05, 0) is 18.2 Å². The molecule has 5 heteroatoms. The summed E-state index contributed by atoms with van der Waals surface area (Å²) in [4.78, 5) is 10.7. The number of hydrogen-bond acceptors (Lipinski definition) is 2. The van der Waals surface area contributed by atoms with Crippen LogP contribution in [-0.2, 0) is 0 Å². The van der Waals surface area contributed by atoms with Crippen molar-refractivity contribution in [3.05, 3.63) is 47.2 Å². The van der Waals surface area contributed by atoms with Crippen LogP contribution in [-0.4, -0.2) is 20.9 Å². The maximum absolute atomic E-state index is 10.7. The fraction of sp³-hybridized carbons (Fsp3) is 0. The van der Waals surface area contributed by atoms with Crippen LogP contribution in [0.25, 0.3) is 5.69 Å². The van der Waals surface area contributed by atoms with Crippen molar-refractivity contribution in [3.63, 3.8) is 0 Å². The summed E-state index contributed by atoms with van der Waals surface area (Å²) in [7, 11) is 0. The van der Waals surface area contributed by atoms with Gasteiger partial charge < -0.3 is 5.11 Å². The minimum Gasteiger partial charge on any atom is -0.478 e. The second kappa shape index (κ2) is 3.74. The van der Waals surface area contributed by atoms with Gasteiger partial charge in [-0.2, -0.15) is 5.10 Å². The Hall–Kier alpha value is -1.81. The molecule has 1 N–H and O–H groups in total. The van der Waals surface area contributed by atoms with Gasteiger partial charge in [0.15, 0.2) is 0 Å². The summed E-state index contributed by atoms with van der Waals surface area (Å²) in [5, 5.41) is 13.3. The lowest BCUT2D eigenvalue weighted by Crippen LogP contribution is -1.99. The molecule has 0 aliphatic rings. The van der Waals surface area contributed by atoms with Crippen molar-refractivity contribution >= 4 is 17.6 Å². The van der Waals surface area contributed by atoms with Crippen molar-refractivity contribution in [1.29, 1.82) is 0 Å². The highest BCUT2D eigenvalue weighted by molar-refractivity contribution is 6.30. The molecule has 1 heterocycles. The highest BCUT2D eigenvalue weighted by atomic mass is 35.5. The molecule has 0 unspecified atom stereocenters. The number of hydrogen-bond donors (Lipinski definition) is 1. The lowest BCUT2D eigenvalue weighted by Gasteiger charge is -2.01. The standard InChI is InChI=1S/C10H7ClN2O2/c11-8-5-12-13(6-8)9-3-1-2-7(4-9)10(14)15/h1-6H,(H,14,15). The van der Waals surface area contributed by atoms with Gasteiger partial charge in [0.05, 0.1) is 22.5 Å². The van der Waals surface area contributed by atoms with Gasteiger partial charge in [-0.25, -0.2) is 9.48 Å². The molecule has 0 bridgehead atoms. The van der Waals surface area contributed by atoms with E-state index in [1.54, 1.807) is 18.3 Å². The summed E-state index contributed by atoms with van der Waals surface area (Å²) in [5.41, 5.74) is 0.890. The third kappa shape index (κ3) is 1.99. The molecule has 1 aromatic heterocycles. The van der Waals surface area contributed by atoms with Crippen molar-refractivity contribution in [2.45, 2.75) is 0 Å². The van der Waals surface area contributed by atoms with Crippen LogP contribution in [0.5, 0.6) is 0 Å². The third-order valence-corrected chi connectivity index (χ3v) is 2.10. The van der Waals surface area contributed by atoms with E-state index in [-0.39, 0.29) is 5.56 Å². The summed E-state index contributed by atoms with van der Waals surface area (Å²) < 4.78 is 1.52. The topological polar surface area (TPSA) is 55.1 Å². The smallest absolute Gasteiger partial charge is 0.335 e. The Balaban J connectivity index is 2.45. The number of carbonyl (C=O) groups is 1. The fourth-order valence-electron chi connectivity index (χ4n) is 1.22. The number of benzene rings is 1. The first-order chi connectivity index (χ1) is 7.16. The summed E-state index contributed by atoms with van der Waals surface area (Å²) in [5.74, 6) is -0.963. The predicted octanol–water partition coefficient (Wildman–Crippen LogP) is 2.22. The zero-order valence-corrected chi connectivity index (χ0v) is 8.35. The normalized spacial score (nSPS) is 10.2. The van der Waals surface area contributed by atoms with Crippen LogP contribution in [0.15, 0.2) is 36.7 Å². The van der Waals surface area contributed by atoms with E-state index >= 15 is 0 Å². The third-order valence-electron chi connectivity index (χ3n) is 1.91. The number of nitrogens with zero attached hydrogens (tertiary/aromatic N) is 2. The lowest BCUT2D eigenvalue weighted by atomic mass is 10.2. The van der Waals surface area contributed by atoms with Gasteiger partial charge in [-0.15, -0.1) is 0 Å². The quantitative estimate of drug-likeness (QED) is 0.848. The van der Waals surface area contributed by atoms with E-state index in [4.69, 9.17) is 16.7 Å². The molecule has 0 radical (unpaired) electrons. The largest absolute Gasteiger partial charge is 0.478 e. The number of carboxylic acids is 1. The number of rotatable bonds is 2. The van der Waals surface area contributed by atoms with Crippen molar-refractivity contribution in [1.82, 2.24) is 9.78 Å². The molecule has 2 aromatic rings. The van der Waals surface area contributed by atoms with E-state index in [2.05, 4.69) is 5.10 Å². The minimum absolute atomic E-state index is 0.221. The molecule has 1 aromatic carbocycles. The molecule has 15 heavy (non-hydrogen) atoms. The van der Waals surface area contributed by atoms with Crippen molar-refractivity contribution in [3.8, 4) is 5.69 Å². The van der Waals surface area contributed by atoms with Gasteiger partial charge in [-0.1, -0.05) is 17.7 Å². The molecule has 0 saturated carbocycles.